The highest BCUT2D eigenvalue weighted by atomic mass is 35.5. The summed E-state index contributed by atoms with van der Waals surface area (Å²) in [5, 5.41) is 0.0500. The number of halogens is 3. The highest BCUT2D eigenvalue weighted by Gasteiger charge is 2.08. The summed E-state index contributed by atoms with van der Waals surface area (Å²) < 4.78 is 27.6. The van der Waals surface area contributed by atoms with E-state index in [1.807, 2.05) is 30.3 Å². The van der Waals surface area contributed by atoms with Gasteiger partial charge >= 0.3 is 0 Å². The van der Waals surface area contributed by atoms with Gasteiger partial charge in [-0.3, -0.25) is 0 Å². The fraction of sp³-hybridized carbons (Fsp3) is 0.130. The van der Waals surface area contributed by atoms with Crippen LogP contribution in [0, 0.1) is 11.6 Å². The van der Waals surface area contributed by atoms with E-state index in [1.54, 1.807) is 6.08 Å². The van der Waals surface area contributed by atoms with Crippen LogP contribution in [0.3, 0.4) is 0 Å². The number of hydrogen-bond donors (Lipinski definition) is 0. The Kier molecular flexibility index (Phi) is 5.85. The molecule has 0 spiro atoms. The molecule has 0 heterocycles. The third-order valence-electron chi connectivity index (χ3n) is 4.38. The first-order valence-electron chi connectivity index (χ1n) is 8.49. The zero-order chi connectivity index (χ0) is 18.5. The summed E-state index contributed by atoms with van der Waals surface area (Å²) in [7, 11) is 0. The van der Waals surface area contributed by atoms with E-state index in [0.717, 1.165) is 24.1 Å². The van der Waals surface area contributed by atoms with E-state index in [4.69, 9.17) is 11.6 Å². The van der Waals surface area contributed by atoms with Gasteiger partial charge in [-0.05, 0) is 47.2 Å². The van der Waals surface area contributed by atoms with Gasteiger partial charge < -0.3 is 0 Å². The summed E-state index contributed by atoms with van der Waals surface area (Å²) in [5.41, 5.74) is 3.33. The average molecular weight is 369 g/mol. The van der Waals surface area contributed by atoms with Crippen molar-refractivity contribution >= 4 is 23.8 Å². The van der Waals surface area contributed by atoms with Crippen LogP contribution < -0.4 is 0 Å². The second-order valence-corrected chi connectivity index (χ2v) is 6.81. The van der Waals surface area contributed by atoms with Gasteiger partial charge in [-0.25, -0.2) is 8.78 Å². The predicted molar refractivity (Wildman–Crippen MR) is 105 cm³/mol. The topological polar surface area (TPSA) is 0 Å². The Morgan fingerprint density at radius 2 is 1.50 bits per heavy atom. The van der Waals surface area contributed by atoms with E-state index < -0.39 is 11.6 Å². The van der Waals surface area contributed by atoms with Crippen molar-refractivity contribution < 1.29 is 8.78 Å². The quantitative estimate of drug-likeness (QED) is 0.420. The monoisotopic (exact) mass is 368 g/mol. The minimum absolute atomic E-state index is 0.0500. The van der Waals surface area contributed by atoms with Crippen LogP contribution in [0.25, 0.3) is 12.2 Å². The summed E-state index contributed by atoms with van der Waals surface area (Å²) in [5.74, 6) is -0.908. The van der Waals surface area contributed by atoms with Gasteiger partial charge in [0.1, 0.15) is 11.6 Å². The molecule has 0 aliphatic carbocycles. The first-order valence-corrected chi connectivity index (χ1v) is 8.87. The van der Waals surface area contributed by atoms with Crippen LogP contribution in [0.5, 0.6) is 0 Å². The molecule has 0 radical (unpaired) electrons. The van der Waals surface area contributed by atoms with Crippen molar-refractivity contribution in [3.05, 3.63) is 106 Å². The van der Waals surface area contributed by atoms with Gasteiger partial charge in [0.25, 0.3) is 0 Å². The smallest absolute Gasteiger partial charge is 0.134 e. The van der Waals surface area contributed by atoms with Gasteiger partial charge in [-0.1, -0.05) is 79.2 Å². The Morgan fingerprint density at radius 1 is 0.885 bits per heavy atom. The SMILES string of the molecule is C[C@H](Cc1ccc(C=Cc2c(F)cc(Cl)cc2F)cc1)c1ccccc1. The van der Waals surface area contributed by atoms with E-state index in [9.17, 15) is 8.78 Å². The van der Waals surface area contributed by atoms with Crippen molar-refractivity contribution in [3.8, 4) is 0 Å². The van der Waals surface area contributed by atoms with Crippen molar-refractivity contribution in [1.82, 2.24) is 0 Å². The number of benzene rings is 3. The molecule has 132 valence electrons. The number of rotatable bonds is 5. The van der Waals surface area contributed by atoms with Crippen molar-refractivity contribution in [1.29, 1.82) is 0 Å². The van der Waals surface area contributed by atoms with Crippen LogP contribution in [0.15, 0.2) is 66.7 Å². The largest absolute Gasteiger partial charge is 0.206 e. The van der Waals surface area contributed by atoms with Crippen LogP contribution in [0.1, 0.15) is 35.1 Å². The predicted octanol–water partition coefficient (Wildman–Crippen LogP) is 7.13. The molecule has 0 amide bonds. The highest BCUT2D eigenvalue weighted by molar-refractivity contribution is 6.30. The van der Waals surface area contributed by atoms with Crippen LogP contribution >= 0.6 is 11.6 Å². The highest BCUT2D eigenvalue weighted by Crippen LogP contribution is 2.23. The van der Waals surface area contributed by atoms with Crippen LogP contribution in [0.2, 0.25) is 5.02 Å². The van der Waals surface area contributed by atoms with Crippen LogP contribution in [-0.4, -0.2) is 0 Å². The van der Waals surface area contributed by atoms with Crippen molar-refractivity contribution in [2.24, 2.45) is 0 Å². The van der Waals surface area contributed by atoms with Gasteiger partial charge in [0.2, 0.25) is 0 Å². The second-order valence-electron chi connectivity index (χ2n) is 6.37. The van der Waals surface area contributed by atoms with Gasteiger partial charge in [-0.15, -0.1) is 0 Å². The second kappa shape index (κ2) is 8.29. The molecule has 3 rings (SSSR count). The molecule has 0 aliphatic rings. The molecule has 0 nitrogen and oxygen atoms in total. The zero-order valence-electron chi connectivity index (χ0n) is 14.4. The van der Waals surface area contributed by atoms with Crippen molar-refractivity contribution in [2.45, 2.75) is 19.3 Å². The summed E-state index contributed by atoms with van der Waals surface area (Å²) in [6.07, 6.45) is 4.07. The Labute approximate surface area is 157 Å². The molecule has 0 saturated heterocycles. The van der Waals surface area contributed by atoms with E-state index >= 15 is 0 Å². The molecule has 3 aromatic carbocycles. The summed E-state index contributed by atoms with van der Waals surface area (Å²) >= 11 is 5.64. The molecule has 0 aliphatic heterocycles. The van der Waals surface area contributed by atoms with E-state index in [2.05, 4.69) is 31.2 Å². The minimum atomic E-state index is -0.667. The van der Waals surface area contributed by atoms with Crippen LogP contribution in [0.4, 0.5) is 8.78 Å². The lowest BCUT2D eigenvalue weighted by Gasteiger charge is -2.12. The average Bonchev–Trinajstić information content (AvgIpc) is 2.63. The minimum Gasteiger partial charge on any atom is -0.206 e. The fourth-order valence-corrected chi connectivity index (χ4v) is 3.10. The molecule has 26 heavy (non-hydrogen) atoms. The Balaban J connectivity index is 1.70. The molecular weight excluding hydrogens is 350 g/mol. The molecule has 3 aromatic rings. The normalized spacial score (nSPS) is 12.5. The Hall–Kier alpha value is -2.45. The molecule has 0 N–H and O–H groups in total. The maximum absolute atomic E-state index is 13.8. The van der Waals surface area contributed by atoms with E-state index in [1.165, 1.54) is 17.2 Å². The molecule has 1 atom stereocenters. The molecule has 0 unspecified atom stereocenters. The van der Waals surface area contributed by atoms with Gasteiger partial charge in [0.05, 0.1) is 0 Å². The third kappa shape index (κ3) is 4.59. The lowest BCUT2D eigenvalue weighted by molar-refractivity contribution is 0.579. The van der Waals surface area contributed by atoms with Gasteiger partial charge in [-0.2, -0.15) is 0 Å². The lowest BCUT2D eigenvalue weighted by atomic mass is 9.93. The lowest BCUT2D eigenvalue weighted by Crippen LogP contribution is -1.98. The summed E-state index contributed by atoms with van der Waals surface area (Å²) in [6.45, 7) is 2.20. The standard InChI is InChI=1S/C23H19ClF2/c1-16(19-5-3-2-4-6-19)13-18-9-7-17(8-10-18)11-12-21-22(25)14-20(24)15-23(21)26/h2-12,14-16H,13H2,1H3/t16-/m1/s1. The van der Waals surface area contributed by atoms with Gasteiger partial charge in [0, 0.05) is 10.6 Å². The first kappa shape index (κ1) is 18.3. The van der Waals surface area contributed by atoms with E-state index in [-0.39, 0.29) is 10.6 Å². The maximum Gasteiger partial charge on any atom is 0.134 e. The Morgan fingerprint density at radius 3 is 2.12 bits per heavy atom. The molecule has 3 heteroatoms. The molecule has 0 saturated carbocycles. The number of hydrogen-bond acceptors (Lipinski definition) is 0. The van der Waals surface area contributed by atoms with Crippen molar-refractivity contribution in [2.75, 3.05) is 0 Å². The fourth-order valence-electron chi connectivity index (χ4n) is 2.91. The van der Waals surface area contributed by atoms with E-state index in [0.29, 0.717) is 5.92 Å². The summed E-state index contributed by atoms with van der Waals surface area (Å²) in [6, 6.07) is 20.6. The van der Waals surface area contributed by atoms with Crippen LogP contribution in [-0.2, 0) is 6.42 Å². The first-order chi connectivity index (χ1) is 12.5. The van der Waals surface area contributed by atoms with Gasteiger partial charge in [0.15, 0.2) is 0 Å². The molecule has 0 fully saturated rings. The zero-order valence-corrected chi connectivity index (χ0v) is 15.2. The third-order valence-corrected chi connectivity index (χ3v) is 4.59. The maximum atomic E-state index is 13.8. The Bertz CT molecular complexity index is 876. The molecule has 0 bridgehead atoms. The van der Waals surface area contributed by atoms with Crippen molar-refractivity contribution in [3.63, 3.8) is 0 Å². The molecule has 0 aromatic heterocycles. The molecular formula is C23H19ClF2. The summed E-state index contributed by atoms with van der Waals surface area (Å²) in [4.78, 5) is 0.